The third kappa shape index (κ3) is 4.49. The number of halogens is 3. The Morgan fingerprint density at radius 3 is 2.18 bits per heavy atom. The predicted molar refractivity (Wildman–Crippen MR) is 79.8 cm³/mol. The van der Waals surface area contributed by atoms with Crippen molar-refractivity contribution < 1.29 is 17.9 Å². The summed E-state index contributed by atoms with van der Waals surface area (Å²) >= 11 is 0. The molecule has 22 heavy (non-hydrogen) atoms. The molecule has 0 amide bonds. The molecule has 1 atom stereocenters. The van der Waals surface area contributed by atoms with E-state index in [0.717, 1.165) is 30.7 Å². The average molecular weight is 308 g/mol. The molecule has 0 saturated heterocycles. The summed E-state index contributed by atoms with van der Waals surface area (Å²) in [5, 5.41) is 3.05. The summed E-state index contributed by atoms with van der Waals surface area (Å²) in [7, 11) is 1.85. The maximum absolute atomic E-state index is 12.6. The highest BCUT2D eigenvalue weighted by atomic mass is 19.4. The lowest BCUT2D eigenvalue weighted by molar-refractivity contribution is -0.137. The van der Waals surface area contributed by atoms with Gasteiger partial charge in [-0.3, -0.25) is 0 Å². The van der Waals surface area contributed by atoms with Crippen molar-refractivity contribution in [2.45, 2.75) is 18.7 Å². The van der Waals surface area contributed by atoms with Gasteiger partial charge in [-0.25, -0.2) is 0 Å². The molecule has 0 aliphatic heterocycles. The van der Waals surface area contributed by atoms with E-state index in [-0.39, 0.29) is 6.10 Å². The molecule has 0 aromatic heterocycles. The Balaban J connectivity index is 2.13. The van der Waals surface area contributed by atoms with Gasteiger partial charge in [0.2, 0.25) is 0 Å². The molecule has 2 aromatic rings. The Hall–Kier alpha value is -2.01. The standard InChI is InChI=1S/C17H18F3NO/c1-21-12-11-16(13-5-3-2-4-6-13)22-15-9-7-14(8-10-15)17(18,19)20/h2-10,16,21H,11-12H2,1H3/i17-1. The highest BCUT2D eigenvalue weighted by Gasteiger charge is 2.30. The van der Waals surface area contributed by atoms with Crippen molar-refractivity contribution in [2.75, 3.05) is 13.6 Å². The number of rotatable bonds is 6. The lowest BCUT2D eigenvalue weighted by atomic mass is 9.91. The lowest BCUT2D eigenvalue weighted by Crippen LogP contribution is -2.16. The quantitative estimate of drug-likeness (QED) is 0.852. The molecule has 0 saturated carbocycles. The van der Waals surface area contributed by atoms with Gasteiger partial charge in [0.05, 0.1) is 5.56 Å². The first kappa shape index (κ1) is 16.4. The van der Waals surface area contributed by atoms with Gasteiger partial charge in [0.15, 0.2) is 0 Å². The molecule has 0 aliphatic carbocycles. The van der Waals surface area contributed by atoms with Gasteiger partial charge in [-0.1, -0.05) is 30.3 Å². The Morgan fingerprint density at radius 2 is 1.64 bits per heavy atom. The smallest absolute Gasteiger partial charge is 0.416 e. The van der Waals surface area contributed by atoms with Crippen LogP contribution in [0.4, 0.5) is 13.2 Å². The van der Waals surface area contributed by atoms with Crippen molar-refractivity contribution in [3.05, 3.63) is 65.7 Å². The SMILES string of the molecule is CNCCC(Oc1ccc([11C](F)(F)F)cc1)c1ccccc1. The molecule has 1 N–H and O–H groups in total. The van der Waals surface area contributed by atoms with Crippen LogP contribution in [-0.2, 0) is 6.18 Å². The van der Waals surface area contributed by atoms with Crippen LogP contribution in [0.3, 0.4) is 0 Å². The first-order valence-corrected chi connectivity index (χ1v) is 7.04. The number of benzene rings is 2. The van der Waals surface area contributed by atoms with E-state index in [2.05, 4.69) is 5.32 Å². The summed E-state index contributed by atoms with van der Waals surface area (Å²) in [4.78, 5) is 0. The Morgan fingerprint density at radius 1 is 1.00 bits per heavy atom. The third-order valence-electron chi connectivity index (χ3n) is 3.29. The molecule has 118 valence electrons. The van der Waals surface area contributed by atoms with E-state index in [1.807, 2.05) is 37.4 Å². The van der Waals surface area contributed by atoms with Crippen molar-refractivity contribution in [1.82, 2.24) is 5.32 Å². The fourth-order valence-corrected chi connectivity index (χ4v) is 2.12. The van der Waals surface area contributed by atoms with Gasteiger partial charge in [0.1, 0.15) is 11.9 Å². The Labute approximate surface area is 127 Å². The molecule has 5 heteroatoms. The molecule has 1 unspecified atom stereocenters. The van der Waals surface area contributed by atoms with Crippen LogP contribution < -0.4 is 10.1 Å². The zero-order chi connectivity index (χ0) is 16.0. The van der Waals surface area contributed by atoms with Gasteiger partial charge in [0.25, 0.3) is 0 Å². The monoisotopic (exact) mass is 308 g/mol. The van der Waals surface area contributed by atoms with Crippen molar-refractivity contribution in [1.29, 1.82) is 0 Å². The van der Waals surface area contributed by atoms with Crippen molar-refractivity contribution in [3.8, 4) is 5.75 Å². The molecule has 0 heterocycles. The second kappa shape index (κ2) is 7.31. The predicted octanol–water partition coefficient (Wildman–Crippen LogP) is 4.44. The number of nitrogens with one attached hydrogen (secondary N) is 1. The zero-order valence-electron chi connectivity index (χ0n) is 12.2. The van der Waals surface area contributed by atoms with E-state index < -0.39 is 11.7 Å². The van der Waals surface area contributed by atoms with Crippen LogP contribution in [0.1, 0.15) is 23.7 Å². The van der Waals surface area contributed by atoms with E-state index in [1.54, 1.807) is 0 Å². The van der Waals surface area contributed by atoms with Gasteiger partial charge in [-0.15, -0.1) is 0 Å². The molecule has 0 fully saturated rings. The minimum Gasteiger partial charge on any atom is -0.486 e. The number of hydrogen-bond donors (Lipinski definition) is 1. The zero-order valence-corrected chi connectivity index (χ0v) is 12.2. The molecule has 2 aromatic carbocycles. The van der Waals surface area contributed by atoms with Crippen LogP contribution >= 0.6 is 0 Å². The first-order chi connectivity index (χ1) is 10.5. The minimum absolute atomic E-state index is 0.203. The Kier molecular flexibility index (Phi) is 5.44. The van der Waals surface area contributed by atoms with Crippen molar-refractivity contribution in [3.63, 3.8) is 0 Å². The molecule has 2 nitrogen and oxygen atoms in total. The fraction of sp³-hybridized carbons (Fsp3) is 0.294. The van der Waals surface area contributed by atoms with Gasteiger partial charge in [0, 0.05) is 6.42 Å². The van der Waals surface area contributed by atoms with Crippen LogP contribution in [0.15, 0.2) is 54.6 Å². The summed E-state index contributed by atoms with van der Waals surface area (Å²) in [6.45, 7) is 0.750. The number of alkyl halides is 3. The molecule has 2 rings (SSSR count). The normalized spacial score (nSPS) is 12.9. The van der Waals surface area contributed by atoms with Crippen LogP contribution in [0.5, 0.6) is 5.75 Å². The maximum atomic E-state index is 12.6. The van der Waals surface area contributed by atoms with Crippen LogP contribution in [0, 0.1) is 0 Å². The van der Waals surface area contributed by atoms with E-state index >= 15 is 0 Å². The average Bonchev–Trinajstić information content (AvgIpc) is 2.52. The molecular weight excluding hydrogens is 290 g/mol. The summed E-state index contributed by atoms with van der Waals surface area (Å²) in [6, 6.07) is 14.4. The second-order valence-electron chi connectivity index (χ2n) is 4.93. The highest BCUT2D eigenvalue weighted by Crippen LogP contribution is 2.31. The second-order valence-corrected chi connectivity index (χ2v) is 4.93. The maximum Gasteiger partial charge on any atom is 0.416 e. The lowest BCUT2D eigenvalue weighted by Gasteiger charge is -2.20. The molecule has 0 bridgehead atoms. The van der Waals surface area contributed by atoms with Gasteiger partial charge < -0.3 is 10.1 Å². The third-order valence-corrected chi connectivity index (χ3v) is 3.29. The van der Waals surface area contributed by atoms with E-state index in [9.17, 15) is 13.2 Å². The molecule has 0 aliphatic rings. The topological polar surface area (TPSA) is 21.3 Å². The molecule has 0 radical (unpaired) electrons. The van der Waals surface area contributed by atoms with Crippen LogP contribution in [0.25, 0.3) is 0 Å². The van der Waals surface area contributed by atoms with Crippen LogP contribution in [0.2, 0.25) is 0 Å². The van der Waals surface area contributed by atoms with Gasteiger partial charge in [-0.2, -0.15) is 13.2 Å². The minimum atomic E-state index is -4.33. The van der Waals surface area contributed by atoms with Gasteiger partial charge in [-0.05, 0) is 43.4 Å². The highest BCUT2D eigenvalue weighted by molar-refractivity contribution is 5.30. The summed E-state index contributed by atoms with van der Waals surface area (Å²) < 4.78 is 43.6. The van der Waals surface area contributed by atoms with Crippen molar-refractivity contribution >= 4 is 0 Å². The van der Waals surface area contributed by atoms with Crippen molar-refractivity contribution in [2.24, 2.45) is 0 Å². The van der Waals surface area contributed by atoms with Gasteiger partial charge >= 0.3 is 6.18 Å². The summed E-state index contributed by atoms with van der Waals surface area (Å²) in [5.74, 6) is 0.429. The summed E-state index contributed by atoms with van der Waals surface area (Å²) in [6.07, 6.45) is -3.81. The summed E-state index contributed by atoms with van der Waals surface area (Å²) in [5.41, 5.74) is 0.323. The fourth-order valence-electron chi connectivity index (χ4n) is 2.12. The van der Waals surface area contributed by atoms with E-state index in [1.165, 1.54) is 12.1 Å². The molecule has 0 spiro atoms. The largest absolute Gasteiger partial charge is 0.486 e. The van der Waals surface area contributed by atoms with Crippen LogP contribution in [-0.4, -0.2) is 13.6 Å². The first-order valence-electron chi connectivity index (χ1n) is 7.04. The number of ether oxygens (including phenoxy) is 1. The molecular formula is C17H18F3NO. The van der Waals surface area contributed by atoms with E-state index in [4.69, 9.17) is 4.74 Å². The number of hydrogen-bond acceptors (Lipinski definition) is 2. The van der Waals surface area contributed by atoms with E-state index in [0.29, 0.717) is 5.75 Å². The Bertz CT molecular complexity index is 567.